The Morgan fingerprint density at radius 3 is 2.71 bits per heavy atom. The number of fused-ring (bicyclic) bond motifs is 1. The summed E-state index contributed by atoms with van der Waals surface area (Å²) in [7, 11) is 0. The average molecular weight is 333 g/mol. The molecule has 0 radical (unpaired) electrons. The van der Waals surface area contributed by atoms with Gasteiger partial charge in [-0.1, -0.05) is 6.92 Å². The molecule has 24 heavy (non-hydrogen) atoms. The van der Waals surface area contributed by atoms with Crippen LogP contribution >= 0.6 is 0 Å². The lowest BCUT2D eigenvalue weighted by molar-refractivity contribution is 0.100. The first-order valence-electron chi connectivity index (χ1n) is 10.3. The number of nitrogen functional groups attached to an aromatic ring is 1. The molecule has 0 fully saturated rings. The number of aliphatic hydroxyl groups excluding tert-OH is 1. The van der Waals surface area contributed by atoms with Crippen molar-refractivity contribution in [2.45, 2.75) is 34.0 Å². The minimum Gasteiger partial charge on any atom is -0.508 e. The van der Waals surface area contributed by atoms with E-state index in [0.717, 1.165) is 0 Å². The SMILES string of the molecule is [2H]C([2H])([2H])c1nc2c(C(N)=O)c(N)n(C3=C(C)C(O)=CC[C@H]3C)c2nc1C([2H])([2H])[2H]. The van der Waals surface area contributed by atoms with Crippen LogP contribution in [-0.4, -0.2) is 25.5 Å². The predicted molar refractivity (Wildman–Crippen MR) is 93.3 cm³/mol. The number of carbonyl (C=O) groups excluding carboxylic acids is 1. The molecule has 1 aliphatic rings. The van der Waals surface area contributed by atoms with Crippen molar-refractivity contribution in [2.75, 3.05) is 5.73 Å². The lowest BCUT2D eigenvalue weighted by Gasteiger charge is -2.24. The number of rotatable bonds is 2. The molecule has 7 nitrogen and oxygen atoms in total. The molecule has 0 spiro atoms. The van der Waals surface area contributed by atoms with Crippen molar-refractivity contribution >= 4 is 28.6 Å². The Morgan fingerprint density at radius 2 is 2.08 bits per heavy atom. The molecular formula is C17H21N5O2. The summed E-state index contributed by atoms with van der Waals surface area (Å²) in [5, 5.41) is 10.2. The number of primary amides is 1. The van der Waals surface area contributed by atoms with Gasteiger partial charge in [-0.25, -0.2) is 9.97 Å². The second kappa shape index (κ2) is 5.36. The number of amides is 1. The number of hydrogen-bond donors (Lipinski definition) is 3. The first-order valence-corrected chi connectivity index (χ1v) is 7.29. The fourth-order valence-corrected chi connectivity index (χ4v) is 3.03. The Labute approximate surface area is 148 Å². The van der Waals surface area contributed by atoms with Gasteiger partial charge in [-0.05, 0) is 33.1 Å². The van der Waals surface area contributed by atoms with Gasteiger partial charge in [0, 0.05) is 25.4 Å². The summed E-state index contributed by atoms with van der Waals surface area (Å²) in [6.45, 7) is -2.29. The molecule has 0 aromatic carbocycles. The van der Waals surface area contributed by atoms with Crippen LogP contribution in [0.15, 0.2) is 17.4 Å². The zero-order valence-corrected chi connectivity index (χ0v) is 13.2. The molecule has 1 atom stereocenters. The van der Waals surface area contributed by atoms with Crippen molar-refractivity contribution in [1.82, 2.24) is 14.5 Å². The summed E-state index contributed by atoms with van der Waals surface area (Å²) in [6.07, 6.45) is 2.09. The van der Waals surface area contributed by atoms with E-state index in [0.29, 0.717) is 17.7 Å². The summed E-state index contributed by atoms with van der Waals surface area (Å²) < 4.78 is 47.5. The van der Waals surface area contributed by atoms with Crippen LogP contribution in [-0.2, 0) is 0 Å². The van der Waals surface area contributed by atoms with Crippen LogP contribution in [0, 0.1) is 19.6 Å². The topological polar surface area (TPSA) is 120 Å². The number of carbonyl (C=O) groups is 1. The van der Waals surface area contributed by atoms with Gasteiger partial charge in [0.15, 0.2) is 5.65 Å². The van der Waals surface area contributed by atoms with Gasteiger partial charge in [0.05, 0.1) is 11.4 Å². The van der Waals surface area contributed by atoms with Crippen LogP contribution in [0.4, 0.5) is 5.82 Å². The van der Waals surface area contributed by atoms with Crippen LogP contribution in [0.1, 0.15) is 50.2 Å². The molecule has 2 heterocycles. The van der Waals surface area contributed by atoms with Gasteiger partial charge in [0.1, 0.15) is 22.7 Å². The largest absolute Gasteiger partial charge is 0.508 e. The number of anilines is 1. The van der Waals surface area contributed by atoms with Gasteiger partial charge in [0.25, 0.3) is 5.91 Å². The average Bonchev–Trinajstić information content (AvgIpc) is 2.88. The van der Waals surface area contributed by atoms with Crippen LogP contribution < -0.4 is 11.5 Å². The maximum absolute atomic E-state index is 12.1. The van der Waals surface area contributed by atoms with Crippen LogP contribution in [0.3, 0.4) is 0 Å². The van der Waals surface area contributed by atoms with Crippen molar-refractivity contribution in [1.29, 1.82) is 0 Å². The number of aliphatic hydroxyl groups is 1. The zero-order valence-electron chi connectivity index (χ0n) is 19.2. The molecule has 0 aliphatic heterocycles. The van der Waals surface area contributed by atoms with Crippen LogP contribution in [0.25, 0.3) is 16.9 Å². The number of hydrogen-bond acceptors (Lipinski definition) is 5. The molecule has 3 rings (SSSR count). The Morgan fingerprint density at radius 1 is 1.42 bits per heavy atom. The summed E-state index contributed by atoms with van der Waals surface area (Å²) in [5.41, 5.74) is 10.6. The molecule has 126 valence electrons. The zero-order chi connectivity index (χ0) is 22.8. The maximum atomic E-state index is 12.1. The van der Waals surface area contributed by atoms with Crippen molar-refractivity contribution in [2.24, 2.45) is 11.7 Å². The molecule has 1 amide bonds. The minimum absolute atomic E-state index is 0.00749. The first-order chi connectivity index (χ1) is 13.7. The lowest BCUT2D eigenvalue weighted by Crippen LogP contribution is -2.17. The Hall–Kier alpha value is -2.83. The summed E-state index contributed by atoms with van der Waals surface area (Å²) >= 11 is 0. The molecule has 5 N–H and O–H groups in total. The van der Waals surface area contributed by atoms with E-state index in [9.17, 15) is 9.90 Å². The monoisotopic (exact) mass is 333 g/mol. The van der Waals surface area contributed by atoms with E-state index in [4.69, 9.17) is 19.7 Å². The predicted octanol–water partition coefficient (Wildman–Crippen LogP) is 2.44. The standard InChI is InChI=1S/C17H21N5O2/c1-7-5-6-11(23)8(2)14(7)22-15(18)12(16(19)24)13-17(22)21-10(4)9(3)20-13/h6-7,23H,5,18H2,1-4H3,(H2,19,24)/t7-/m1/s1/i3D3,4D3. The highest BCUT2D eigenvalue weighted by atomic mass is 16.3. The number of nitrogens with zero attached hydrogens (tertiary/aromatic N) is 3. The fourth-order valence-electron chi connectivity index (χ4n) is 3.03. The number of allylic oxidation sites excluding steroid dienone is 3. The molecule has 1 aliphatic carbocycles. The van der Waals surface area contributed by atoms with Crippen molar-refractivity contribution in [3.8, 4) is 0 Å². The number of aryl methyl sites for hydroxylation is 2. The van der Waals surface area contributed by atoms with Gasteiger partial charge < -0.3 is 16.6 Å². The molecule has 0 saturated heterocycles. The third kappa shape index (κ3) is 2.16. The van der Waals surface area contributed by atoms with E-state index in [-0.39, 0.29) is 34.2 Å². The third-order valence-corrected chi connectivity index (χ3v) is 4.21. The van der Waals surface area contributed by atoms with Crippen molar-refractivity contribution < 1.29 is 18.1 Å². The minimum atomic E-state index is -2.90. The van der Waals surface area contributed by atoms with Crippen molar-refractivity contribution in [3.63, 3.8) is 0 Å². The molecule has 0 bridgehead atoms. The second-order valence-corrected chi connectivity index (χ2v) is 5.79. The summed E-state index contributed by atoms with van der Waals surface area (Å²) in [6, 6.07) is 0. The fraction of sp³-hybridized carbons (Fsp3) is 0.353. The Kier molecular flexibility index (Phi) is 2.26. The maximum Gasteiger partial charge on any atom is 0.254 e. The normalized spacial score (nSPS) is 22.9. The highest BCUT2D eigenvalue weighted by Crippen LogP contribution is 2.38. The Balaban J connectivity index is 2.55. The van der Waals surface area contributed by atoms with E-state index in [1.54, 1.807) is 13.0 Å². The highest BCUT2D eigenvalue weighted by molar-refractivity contribution is 6.10. The van der Waals surface area contributed by atoms with Gasteiger partial charge >= 0.3 is 0 Å². The third-order valence-electron chi connectivity index (χ3n) is 4.21. The van der Waals surface area contributed by atoms with E-state index in [1.807, 2.05) is 6.92 Å². The molecular weight excluding hydrogens is 306 g/mol. The molecule has 2 aromatic rings. The van der Waals surface area contributed by atoms with E-state index >= 15 is 0 Å². The van der Waals surface area contributed by atoms with E-state index in [1.165, 1.54) is 4.57 Å². The van der Waals surface area contributed by atoms with Crippen LogP contribution in [0.5, 0.6) is 0 Å². The lowest BCUT2D eigenvalue weighted by atomic mass is 9.93. The van der Waals surface area contributed by atoms with E-state index < -0.39 is 31.0 Å². The number of aromatic nitrogens is 3. The summed E-state index contributed by atoms with van der Waals surface area (Å²) in [4.78, 5) is 20.2. The molecule has 0 saturated carbocycles. The van der Waals surface area contributed by atoms with Gasteiger partial charge in [-0.3, -0.25) is 9.36 Å². The van der Waals surface area contributed by atoms with Gasteiger partial charge in [-0.2, -0.15) is 0 Å². The molecule has 2 aromatic heterocycles. The smallest absolute Gasteiger partial charge is 0.254 e. The highest BCUT2D eigenvalue weighted by Gasteiger charge is 2.28. The first kappa shape index (κ1) is 10.1. The molecule has 0 unspecified atom stereocenters. The van der Waals surface area contributed by atoms with E-state index in [2.05, 4.69) is 9.97 Å². The van der Waals surface area contributed by atoms with Crippen LogP contribution in [0.2, 0.25) is 0 Å². The van der Waals surface area contributed by atoms with Crippen molar-refractivity contribution in [3.05, 3.63) is 34.4 Å². The Bertz CT molecular complexity index is 1130. The number of nitrogens with two attached hydrogens (primary N) is 2. The molecule has 7 heteroatoms. The van der Waals surface area contributed by atoms with Gasteiger partial charge in [0.2, 0.25) is 0 Å². The summed E-state index contributed by atoms with van der Waals surface area (Å²) in [5.74, 6) is -1.30. The second-order valence-electron chi connectivity index (χ2n) is 5.79. The van der Waals surface area contributed by atoms with Gasteiger partial charge in [-0.15, -0.1) is 0 Å². The quantitative estimate of drug-likeness (QED) is 0.779.